The van der Waals surface area contributed by atoms with Crippen LogP contribution in [0.25, 0.3) is 10.9 Å². The van der Waals surface area contributed by atoms with Gasteiger partial charge in [0.2, 0.25) is 0 Å². The number of aromatic nitrogens is 1. The lowest BCUT2D eigenvalue weighted by molar-refractivity contribution is -0.141. The molecule has 0 radical (unpaired) electrons. The second-order valence-corrected chi connectivity index (χ2v) is 5.96. The van der Waals surface area contributed by atoms with Crippen LogP contribution in [0.5, 0.6) is 0 Å². The van der Waals surface area contributed by atoms with E-state index in [1.54, 1.807) is 12.1 Å². The van der Waals surface area contributed by atoms with Crippen molar-refractivity contribution >= 4 is 10.9 Å². The van der Waals surface area contributed by atoms with E-state index in [-0.39, 0.29) is 16.5 Å². The fourth-order valence-electron chi connectivity index (χ4n) is 2.14. The molecular formula is C15H16F3NO. The van der Waals surface area contributed by atoms with Crippen LogP contribution in [0.1, 0.15) is 37.6 Å². The highest BCUT2D eigenvalue weighted by atomic mass is 19.4. The third-order valence-corrected chi connectivity index (χ3v) is 3.39. The summed E-state index contributed by atoms with van der Waals surface area (Å²) in [4.78, 5) is 14.5. The standard InChI is InChI=1S/C15H16F3NO/c1-8-12(20)10-7-9(14(2,3)4)5-6-11(10)19-13(8)15(16,17)18/h5-7H,1-4H3,(H,19,20). The largest absolute Gasteiger partial charge is 0.431 e. The molecule has 0 aliphatic rings. The molecular weight excluding hydrogens is 267 g/mol. The van der Waals surface area contributed by atoms with Crippen molar-refractivity contribution in [1.82, 2.24) is 4.98 Å². The van der Waals surface area contributed by atoms with Crippen LogP contribution in [-0.2, 0) is 11.6 Å². The van der Waals surface area contributed by atoms with Gasteiger partial charge in [-0.25, -0.2) is 0 Å². The molecule has 108 valence electrons. The van der Waals surface area contributed by atoms with Crippen LogP contribution in [0.4, 0.5) is 13.2 Å². The number of rotatable bonds is 0. The van der Waals surface area contributed by atoms with Crippen LogP contribution in [-0.4, -0.2) is 4.98 Å². The first-order chi connectivity index (χ1) is 9.01. The summed E-state index contributed by atoms with van der Waals surface area (Å²) < 4.78 is 38.6. The van der Waals surface area contributed by atoms with E-state index in [1.165, 1.54) is 13.0 Å². The van der Waals surface area contributed by atoms with Crippen molar-refractivity contribution in [1.29, 1.82) is 0 Å². The van der Waals surface area contributed by atoms with Gasteiger partial charge in [-0.05, 0) is 30.0 Å². The Balaban J connectivity index is 2.81. The zero-order chi connectivity index (χ0) is 15.3. The molecule has 0 unspecified atom stereocenters. The van der Waals surface area contributed by atoms with Gasteiger partial charge in [0.25, 0.3) is 0 Å². The minimum absolute atomic E-state index is 0.169. The Morgan fingerprint density at radius 3 is 2.20 bits per heavy atom. The van der Waals surface area contributed by atoms with Gasteiger partial charge in [-0.3, -0.25) is 4.79 Å². The Labute approximate surface area is 114 Å². The number of hydrogen-bond acceptors (Lipinski definition) is 1. The molecule has 1 aromatic carbocycles. The first kappa shape index (κ1) is 14.6. The lowest BCUT2D eigenvalue weighted by atomic mass is 9.86. The van der Waals surface area contributed by atoms with E-state index in [2.05, 4.69) is 4.98 Å². The van der Waals surface area contributed by atoms with Gasteiger partial charge in [0, 0.05) is 16.5 Å². The van der Waals surface area contributed by atoms with Gasteiger partial charge >= 0.3 is 6.18 Å². The van der Waals surface area contributed by atoms with Gasteiger partial charge in [0.1, 0.15) is 5.69 Å². The average molecular weight is 283 g/mol. The van der Waals surface area contributed by atoms with Gasteiger partial charge in [-0.1, -0.05) is 26.8 Å². The van der Waals surface area contributed by atoms with Crippen LogP contribution in [0, 0.1) is 6.92 Å². The number of aromatic amines is 1. The molecule has 0 bridgehead atoms. The number of hydrogen-bond donors (Lipinski definition) is 1. The first-order valence-corrected chi connectivity index (χ1v) is 6.26. The zero-order valence-electron chi connectivity index (χ0n) is 11.8. The summed E-state index contributed by atoms with van der Waals surface area (Å²) in [6.45, 7) is 7.16. The maximum absolute atomic E-state index is 12.9. The Bertz CT molecular complexity index is 721. The van der Waals surface area contributed by atoms with Gasteiger partial charge in [-0.15, -0.1) is 0 Å². The number of benzene rings is 1. The fraction of sp³-hybridized carbons (Fsp3) is 0.400. The number of fused-ring (bicyclic) bond motifs is 1. The molecule has 0 fully saturated rings. The van der Waals surface area contributed by atoms with Gasteiger partial charge < -0.3 is 4.98 Å². The summed E-state index contributed by atoms with van der Waals surface area (Å²) >= 11 is 0. The van der Waals surface area contributed by atoms with E-state index >= 15 is 0 Å². The minimum Gasteiger partial charge on any atom is -0.351 e. The number of alkyl halides is 3. The second kappa shape index (κ2) is 4.36. The summed E-state index contributed by atoms with van der Waals surface area (Å²) in [5.41, 5.74) is -0.889. The highest BCUT2D eigenvalue weighted by Crippen LogP contribution is 2.31. The van der Waals surface area contributed by atoms with Crippen LogP contribution in [0.3, 0.4) is 0 Å². The van der Waals surface area contributed by atoms with Crippen molar-refractivity contribution in [2.45, 2.75) is 39.3 Å². The SMILES string of the molecule is Cc1c(C(F)(F)F)[nH]c2ccc(C(C)(C)C)cc2c1=O. The molecule has 1 heterocycles. The van der Waals surface area contributed by atoms with Crippen LogP contribution in [0.2, 0.25) is 0 Å². The van der Waals surface area contributed by atoms with Crippen molar-refractivity contribution in [3.8, 4) is 0 Å². The lowest BCUT2D eigenvalue weighted by Crippen LogP contribution is -2.19. The van der Waals surface area contributed by atoms with E-state index in [0.29, 0.717) is 5.39 Å². The van der Waals surface area contributed by atoms with Crippen molar-refractivity contribution in [2.24, 2.45) is 0 Å². The number of H-pyrrole nitrogens is 1. The Morgan fingerprint density at radius 2 is 1.70 bits per heavy atom. The van der Waals surface area contributed by atoms with E-state index in [0.717, 1.165) is 5.56 Å². The van der Waals surface area contributed by atoms with E-state index in [9.17, 15) is 18.0 Å². The van der Waals surface area contributed by atoms with Crippen molar-refractivity contribution < 1.29 is 13.2 Å². The van der Waals surface area contributed by atoms with Crippen LogP contribution >= 0.6 is 0 Å². The minimum atomic E-state index is -4.56. The van der Waals surface area contributed by atoms with Gasteiger partial charge in [0.15, 0.2) is 5.43 Å². The second-order valence-electron chi connectivity index (χ2n) is 5.96. The normalized spacial score (nSPS) is 12.9. The number of pyridine rings is 1. The van der Waals surface area contributed by atoms with Gasteiger partial charge in [-0.2, -0.15) is 13.2 Å². The van der Waals surface area contributed by atoms with Crippen molar-refractivity contribution in [3.63, 3.8) is 0 Å². The molecule has 5 heteroatoms. The van der Waals surface area contributed by atoms with E-state index in [1.807, 2.05) is 20.8 Å². The van der Waals surface area contributed by atoms with Crippen LogP contribution in [0.15, 0.2) is 23.0 Å². The highest BCUT2D eigenvalue weighted by molar-refractivity contribution is 5.80. The molecule has 2 rings (SSSR count). The summed E-state index contributed by atoms with van der Waals surface area (Å²) in [6, 6.07) is 4.95. The maximum Gasteiger partial charge on any atom is 0.431 e. The van der Waals surface area contributed by atoms with E-state index in [4.69, 9.17) is 0 Å². The smallest absolute Gasteiger partial charge is 0.351 e. The fourth-order valence-corrected chi connectivity index (χ4v) is 2.14. The maximum atomic E-state index is 12.9. The molecule has 0 amide bonds. The molecule has 0 aliphatic heterocycles. The molecule has 2 nitrogen and oxygen atoms in total. The summed E-state index contributed by atoms with van der Waals surface area (Å²) in [6.07, 6.45) is -4.56. The average Bonchev–Trinajstić information content (AvgIpc) is 2.30. The topological polar surface area (TPSA) is 32.9 Å². The van der Waals surface area contributed by atoms with E-state index < -0.39 is 17.3 Å². The molecule has 0 saturated heterocycles. The molecule has 2 aromatic rings. The molecule has 0 spiro atoms. The molecule has 0 atom stereocenters. The first-order valence-electron chi connectivity index (χ1n) is 6.26. The number of nitrogens with one attached hydrogen (secondary N) is 1. The summed E-state index contributed by atoms with van der Waals surface area (Å²) in [5.74, 6) is 0. The predicted octanol–water partition coefficient (Wildman–Crippen LogP) is 4.15. The predicted molar refractivity (Wildman–Crippen MR) is 73.0 cm³/mol. The summed E-state index contributed by atoms with van der Waals surface area (Å²) in [7, 11) is 0. The Hall–Kier alpha value is -1.78. The molecule has 20 heavy (non-hydrogen) atoms. The monoisotopic (exact) mass is 283 g/mol. The zero-order valence-corrected chi connectivity index (χ0v) is 11.8. The van der Waals surface area contributed by atoms with Crippen molar-refractivity contribution in [2.75, 3.05) is 0 Å². The Kier molecular flexibility index (Phi) is 3.19. The molecule has 1 aromatic heterocycles. The quantitative estimate of drug-likeness (QED) is 0.774. The third kappa shape index (κ3) is 2.44. The highest BCUT2D eigenvalue weighted by Gasteiger charge is 2.35. The molecule has 1 N–H and O–H groups in total. The van der Waals surface area contributed by atoms with Crippen molar-refractivity contribution in [3.05, 3.63) is 45.2 Å². The third-order valence-electron chi connectivity index (χ3n) is 3.39. The van der Waals surface area contributed by atoms with Crippen LogP contribution < -0.4 is 5.43 Å². The summed E-state index contributed by atoms with van der Waals surface area (Å²) in [5, 5.41) is 0.294. The Morgan fingerprint density at radius 1 is 1.10 bits per heavy atom. The number of halogens is 3. The molecule has 0 aliphatic carbocycles. The molecule has 0 saturated carbocycles. The van der Waals surface area contributed by atoms with Gasteiger partial charge in [0.05, 0.1) is 0 Å². The lowest BCUT2D eigenvalue weighted by Gasteiger charge is -2.20.